The van der Waals surface area contributed by atoms with Gasteiger partial charge >= 0.3 is 5.97 Å². The van der Waals surface area contributed by atoms with Gasteiger partial charge in [-0.15, -0.1) is 22.7 Å². The van der Waals surface area contributed by atoms with Crippen molar-refractivity contribution in [3.05, 3.63) is 64.0 Å². The first-order valence-corrected chi connectivity index (χ1v) is 8.20. The third-order valence-corrected chi connectivity index (χ3v) is 4.82. The number of carbonyl (C=O) groups is 1. The second-order valence-corrected chi connectivity index (χ2v) is 6.38. The van der Waals surface area contributed by atoms with Gasteiger partial charge in [0.25, 0.3) is 0 Å². The molecule has 1 aromatic carbocycles. The molecule has 2 aromatic heterocycles. The van der Waals surface area contributed by atoms with Crippen molar-refractivity contribution in [3.8, 4) is 9.88 Å². The molecule has 0 N–H and O–H groups in total. The molecule has 5 heteroatoms. The molecule has 3 rings (SSSR count). The Bertz CT molecular complexity index is 730. The summed E-state index contributed by atoms with van der Waals surface area (Å²) >= 11 is 3.07. The predicted molar refractivity (Wildman–Crippen MR) is 85.7 cm³/mol. The highest BCUT2D eigenvalue weighted by Crippen LogP contribution is 2.28. The fourth-order valence-corrected chi connectivity index (χ4v) is 3.39. The highest BCUT2D eigenvalue weighted by atomic mass is 32.1. The number of thiazole rings is 1. The number of aryl methyl sites for hydroxylation is 1. The molecule has 106 valence electrons. The Hall–Kier alpha value is -1.98. The summed E-state index contributed by atoms with van der Waals surface area (Å²) in [6.07, 6.45) is 0. The topological polar surface area (TPSA) is 39.2 Å². The van der Waals surface area contributed by atoms with Crippen LogP contribution in [-0.4, -0.2) is 11.0 Å². The number of nitrogens with zero attached hydrogens (tertiary/aromatic N) is 1. The number of thiophene rings is 1. The average Bonchev–Trinajstić information content (AvgIpc) is 3.17. The number of rotatable bonds is 4. The minimum absolute atomic E-state index is 0.269. The maximum absolute atomic E-state index is 12.0. The molecule has 21 heavy (non-hydrogen) atoms. The zero-order chi connectivity index (χ0) is 14.7. The van der Waals surface area contributed by atoms with Crippen LogP contribution < -0.4 is 0 Å². The Labute approximate surface area is 130 Å². The number of hydrogen-bond acceptors (Lipinski definition) is 5. The molecule has 0 aliphatic heterocycles. The van der Waals surface area contributed by atoms with Crippen LogP contribution in [0.15, 0.2) is 47.2 Å². The summed E-state index contributed by atoms with van der Waals surface area (Å²) in [7, 11) is 0. The van der Waals surface area contributed by atoms with Gasteiger partial charge in [0.05, 0.1) is 4.88 Å². The van der Waals surface area contributed by atoms with Crippen molar-refractivity contribution >= 4 is 28.6 Å². The lowest BCUT2D eigenvalue weighted by Gasteiger charge is -2.03. The molecule has 0 bridgehead atoms. The van der Waals surface area contributed by atoms with E-state index in [1.54, 1.807) is 16.7 Å². The molecule has 3 aromatic rings. The summed E-state index contributed by atoms with van der Waals surface area (Å²) < 4.78 is 5.29. The SMILES string of the molecule is Cc1ccc(COC(=O)c2csc(-c3cccs3)n2)cc1. The zero-order valence-electron chi connectivity index (χ0n) is 11.4. The summed E-state index contributed by atoms with van der Waals surface area (Å²) in [5.41, 5.74) is 2.53. The Balaban J connectivity index is 1.64. The number of aromatic nitrogens is 1. The fraction of sp³-hybridized carbons (Fsp3) is 0.125. The third kappa shape index (κ3) is 3.37. The van der Waals surface area contributed by atoms with Crippen molar-refractivity contribution in [1.82, 2.24) is 4.98 Å². The summed E-state index contributed by atoms with van der Waals surface area (Å²) in [6.45, 7) is 2.29. The van der Waals surface area contributed by atoms with Gasteiger partial charge in [-0.2, -0.15) is 0 Å². The molecule has 0 aliphatic carbocycles. The second-order valence-electron chi connectivity index (χ2n) is 4.58. The summed E-state index contributed by atoms with van der Waals surface area (Å²) in [5.74, 6) is -0.380. The lowest BCUT2D eigenvalue weighted by molar-refractivity contribution is 0.0467. The van der Waals surface area contributed by atoms with Crippen LogP contribution in [0, 0.1) is 6.92 Å². The Morgan fingerprint density at radius 1 is 1.19 bits per heavy atom. The first-order chi connectivity index (χ1) is 10.2. The maximum atomic E-state index is 12.0. The number of hydrogen-bond donors (Lipinski definition) is 0. The van der Waals surface area contributed by atoms with Crippen LogP contribution >= 0.6 is 22.7 Å². The molecule has 0 saturated heterocycles. The molecule has 0 unspecified atom stereocenters. The number of ether oxygens (including phenoxy) is 1. The first kappa shape index (κ1) is 14.0. The molecule has 0 spiro atoms. The largest absolute Gasteiger partial charge is 0.456 e. The van der Waals surface area contributed by atoms with E-state index in [1.807, 2.05) is 48.7 Å². The van der Waals surface area contributed by atoms with Gasteiger partial charge < -0.3 is 4.74 Å². The van der Waals surface area contributed by atoms with Crippen molar-refractivity contribution in [2.45, 2.75) is 13.5 Å². The highest BCUT2D eigenvalue weighted by Gasteiger charge is 2.13. The van der Waals surface area contributed by atoms with Crippen molar-refractivity contribution in [3.63, 3.8) is 0 Å². The minimum atomic E-state index is -0.380. The summed E-state index contributed by atoms with van der Waals surface area (Å²) in [5, 5.41) is 4.59. The van der Waals surface area contributed by atoms with E-state index in [9.17, 15) is 4.79 Å². The molecular formula is C16H13NO2S2. The van der Waals surface area contributed by atoms with Gasteiger partial charge in [-0.1, -0.05) is 35.9 Å². The number of carbonyl (C=O) groups excluding carboxylic acids is 1. The van der Waals surface area contributed by atoms with Crippen LogP contribution in [-0.2, 0) is 11.3 Å². The van der Waals surface area contributed by atoms with Gasteiger partial charge in [0, 0.05) is 5.38 Å². The predicted octanol–water partition coefficient (Wildman–Crippen LogP) is 4.54. The van der Waals surface area contributed by atoms with Crippen LogP contribution in [0.3, 0.4) is 0 Å². The van der Waals surface area contributed by atoms with E-state index in [1.165, 1.54) is 16.9 Å². The standard InChI is InChI=1S/C16H13NO2S2/c1-11-4-6-12(7-5-11)9-19-16(18)13-10-21-15(17-13)14-3-2-8-20-14/h2-8,10H,9H2,1H3. The molecule has 3 nitrogen and oxygen atoms in total. The van der Waals surface area contributed by atoms with Crippen LogP contribution in [0.25, 0.3) is 9.88 Å². The average molecular weight is 315 g/mol. The third-order valence-electron chi connectivity index (χ3n) is 2.94. The van der Waals surface area contributed by atoms with Gasteiger partial charge in [0.15, 0.2) is 5.69 Å². The van der Waals surface area contributed by atoms with Crippen LogP contribution in [0.4, 0.5) is 0 Å². The van der Waals surface area contributed by atoms with Gasteiger partial charge in [-0.05, 0) is 23.9 Å². The van der Waals surface area contributed by atoms with Crippen molar-refractivity contribution in [2.75, 3.05) is 0 Å². The minimum Gasteiger partial charge on any atom is -0.456 e. The van der Waals surface area contributed by atoms with E-state index in [4.69, 9.17) is 4.74 Å². The van der Waals surface area contributed by atoms with Gasteiger partial charge in [-0.3, -0.25) is 0 Å². The van der Waals surface area contributed by atoms with Crippen LogP contribution in [0.1, 0.15) is 21.6 Å². The smallest absolute Gasteiger partial charge is 0.358 e. The first-order valence-electron chi connectivity index (χ1n) is 6.44. The zero-order valence-corrected chi connectivity index (χ0v) is 13.0. The van der Waals surface area contributed by atoms with Crippen molar-refractivity contribution in [1.29, 1.82) is 0 Å². The summed E-state index contributed by atoms with van der Waals surface area (Å²) in [4.78, 5) is 17.4. The van der Waals surface area contributed by atoms with E-state index in [0.29, 0.717) is 5.69 Å². The van der Waals surface area contributed by atoms with E-state index in [-0.39, 0.29) is 12.6 Å². The van der Waals surface area contributed by atoms with Gasteiger partial charge in [-0.25, -0.2) is 9.78 Å². The summed E-state index contributed by atoms with van der Waals surface area (Å²) in [6, 6.07) is 11.9. The normalized spacial score (nSPS) is 10.5. The Kier molecular flexibility index (Phi) is 4.13. The molecule has 0 amide bonds. The van der Waals surface area contributed by atoms with Crippen LogP contribution in [0.5, 0.6) is 0 Å². The van der Waals surface area contributed by atoms with Gasteiger partial charge in [0.1, 0.15) is 11.6 Å². The Morgan fingerprint density at radius 2 is 2.00 bits per heavy atom. The molecule has 0 aliphatic rings. The van der Waals surface area contributed by atoms with Crippen molar-refractivity contribution < 1.29 is 9.53 Å². The maximum Gasteiger partial charge on any atom is 0.358 e. The number of esters is 1. The molecule has 0 fully saturated rings. The van der Waals surface area contributed by atoms with Gasteiger partial charge in [0.2, 0.25) is 0 Å². The second kappa shape index (κ2) is 6.20. The van der Waals surface area contributed by atoms with E-state index in [0.717, 1.165) is 15.4 Å². The van der Waals surface area contributed by atoms with E-state index in [2.05, 4.69) is 4.98 Å². The van der Waals surface area contributed by atoms with Crippen LogP contribution in [0.2, 0.25) is 0 Å². The highest BCUT2D eigenvalue weighted by molar-refractivity contribution is 7.20. The quantitative estimate of drug-likeness (QED) is 0.664. The lowest BCUT2D eigenvalue weighted by atomic mass is 10.2. The molecule has 2 heterocycles. The monoisotopic (exact) mass is 315 g/mol. The van der Waals surface area contributed by atoms with Crippen molar-refractivity contribution in [2.24, 2.45) is 0 Å². The number of benzene rings is 1. The van der Waals surface area contributed by atoms with E-state index < -0.39 is 0 Å². The molecule has 0 atom stereocenters. The Morgan fingerprint density at radius 3 is 2.71 bits per heavy atom. The lowest BCUT2D eigenvalue weighted by Crippen LogP contribution is -2.05. The molecular weight excluding hydrogens is 302 g/mol. The molecule has 0 saturated carbocycles. The molecule has 0 radical (unpaired) electrons. The fourth-order valence-electron chi connectivity index (χ4n) is 1.79. The van der Waals surface area contributed by atoms with E-state index >= 15 is 0 Å².